The Balaban J connectivity index is 2.43. The molecule has 0 radical (unpaired) electrons. The lowest BCUT2D eigenvalue weighted by molar-refractivity contribution is -0.135. The predicted molar refractivity (Wildman–Crippen MR) is 65.7 cm³/mol. The molecule has 0 aliphatic carbocycles. The minimum Gasteiger partial charge on any atom is -0.465 e. The monoisotopic (exact) mass is 235 g/mol. The molecule has 0 amide bonds. The highest BCUT2D eigenvalue weighted by Gasteiger charge is 2.31. The fraction of sp³-hybridized carbons (Fsp3) is 0.0833. The second-order valence-corrected chi connectivity index (χ2v) is 5.98. The molecule has 16 heavy (non-hydrogen) atoms. The van der Waals surface area contributed by atoms with Crippen LogP contribution < -0.4 is 5.14 Å². The zero-order chi connectivity index (χ0) is 11.6. The first-order valence-corrected chi connectivity index (χ1v) is 6.57. The number of hydrogen-bond donors (Lipinski definition) is 1. The zero-order valence-electron chi connectivity index (χ0n) is 8.92. The van der Waals surface area contributed by atoms with E-state index in [0.29, 0.717) is 4.91 Å². The smallest absolute Gasteiger partial charge is 0.344 e. The molecule has 0 saturated heterocycles. The van der Waals surface area contributed by atoms with E-state index in [1.165, 1.54) is 7.11 Å². The van der Waals surface area contributed by atoms with Crippen molar-refractivity contribution in [2.45, 2.75) is 4.90 Å². The van der Waals surface area contributed by atoms with Gasteiger partial charge < -0.3 is 4.74 Å². The number of ether oxygens (including phenoxy) is 1. The number of carbonyl (C=O) groups excluding carboxylic acids is 1. The van der Waals surface area contributed by atoms with Gasteiger partial charge in [0.2, 0.25) is 0 Å². The Bertz CT molecular complexity index is 467. The standard InChI is InChI=1S/C12H13NO2S/c1-15-12(14)11-8-5-9-16(11,13)10-6-3-2-4-7-10/h2-9H,13H2,1H3. The van der Waals surface area contributed by atoms with Crippen LogP contribution in [0.2, 0.25) is 0 Å². The van der Waals surface area contributed by atoms with Gasteiger partial charge in [-0.25, -0.2) is 4.79 Å². The third kappa shape index (κ3) is 1.66. The molecule has 1 aliphatic heterocycles. The van der Waals surface area contributed by atoms with Crippen molar-refractivity contribution in [3.05, 3.63) is 52.8 Å². The van der Waals surface area contributed by atoms with Crippen LogP contribution in [0.25, 0.3) is 0 Å². The average Bonchev–Trinajstić information content (AvgIpc) is 2.73. The van der Waals surface area contributed by atoms with Crippen LogP contribution >= 0.6 is 10.2 Å². The molecule has 1 aromatic rings. The van der Waals surface area contributed by atoms with Gasteiger partial charge in [-0.1, -0.05) is 24.3 Å². The van der Waals surface area contributed by atoms with Crippen molar-refractivity contribution in [2.24, 2.45) is 5.14 Å². The number of benzene rings is 1. The molecule has 0 fully saturated rings. The summed E-state index contributed by atoms with van der Waals surface area (Å²) in [4.78, 5) is 13.1. The molecule has 1 atom stereocenters. The maximum Gasteiger partial charge on any atom is 0.344 e. The van der Waals surface area contributed by atoms with Crippen LogP contribution in [0.4, 0.5) is 0 Å². The van der Waals surface area contributed by atoms with Gasteiger partial charge in [0, 0.05) is 4.90 Å². The summed E-state index contributed by atoms with van der Waals surface area (Å²) < 4.78 is 4.74. The largest absolute Gasteiger partial charge is 0.465 e. The summed E-state index contributed by atoms with van der Waals surface area (Å²) in [6.45, 7) is 0. The van der Waals surface area contributed by atoms with Crippen molar-refractivity contribution in [2.75, 3.05) is 7.11 Å². The fourth-order valence-corrected chi connectivity index (χ4v) is 3.75. The Labute approximate surface area is 96.0 Å². The second kappa shape index (κ2) is 4.15. The van der Waals surface area contributed by atoms with E-state index in [2.05, 4.69) is 0 Å². The van der Waals surface area contributed by atoms with Gasteiger partial charge in [0.25, 0.3) is 0 Å². The second-order valence-electron chi connectivity index (χ2n) is 3.37. The van der Waals surface area contributed by atoms with Crippen molar-refractivity contribution >= 4 is 16.2 Å². The number of nitrogens with two attached hydrogens (primary N) is 1. The highest BCUT2D eigenvalue weighted by atomic mass is 32.3. The molecule has 0 spiro atoms. The Hall–Kier alpha value is -1.52. The summed E-state index contributed by atoms with van der Waals surface area (Å²) in [6, 6.07) is 9.62. The van der Waals surface area contributed by atoms with E-state index in [1.807, 2.05) is 41.8 Å². The van der Waals surface area contributed by atoms with Gasteiger partial charge in [0.05, 0.1) is 12.0 Å². The minimum absolute atomic E-state index is 0.355. The van der Waals surface area contributed by atoms with E-state index in [9.17, 15) is 4.79 Å². The van der Waals surface area contributed by atoms with Crippen molar-refractivity contribution < 1.29 is 9.53 Å². The summed E-state index contributed by atoms with van der Waals surface area (Å²) >= 11 is 0. The molecule has 3 nitrogen and oxygen atoms in total. The molecule has 0 saturated carbocycles. The molecule has 4 heteroatoms. The average molecular weight is 235 g/mol. The number of carbonyl (C=O) groups is 1. The highest BCUT2D eigenvalue weighted by molar-refractivity contribution is 8.38. The Kier molecular flexibility index (Phi) is 2.85. The maximum absolute atomic E-state index is 11.6. The van der Waals surface area contributed by atoms with Crippen LogP contribution in [0, 0.1) is 0 Å². The first kappa shape index (κ1) is 11.0. The predicted octanol–water partition coefficient (Wildman–Crippen LogP) is 2.31. The summed E-state index contributed by atoms with van der Waals surface area (Å²) in [5.41, 5.74) is 0. The fourth-order valence-electron chi connectivity index (χ4n) is 1.59. The molecule has 84 valence electrons. The van der Waals surface area contributed by atoms with E-state index >= 15 is 0 Å². The Morgan fingerprint density at radius 3 is 2.62 bits per heavy atom. The quantitative estimate of drug-likeness (QED) is 0.800. The van der Waals surface area contributed by atoms with E-state index in [1.54, 1.807) is 6.08 Å². The number of methoxy groups -OCH3 is 1. The van der Waals surface area contributed by atoms with Crippen molar-refractivity contribution in [3.63, 3.8) is 0 Å². The molecule has 2 N–H and O–H groups in total. The third-order valence-electron chi connectivity index (χ3n) is 2.42. The maximum atomic E-state index is 11.6. The number of allylic oxidation sites excluding steroid dienone is 2. The SMILES string of the molecule is COC(=O)C1=CC=CS1(N)c1ccccc1. The first-order valence-electron chi connectivity index (χ1n) is 4.81. The summed E-state index contributed by atoms with van der Waals surface area (Å²) in [6.07, 6.45) is 3.54. The summed E-state index contributed by atoms with van der Waals surface area (Å²) in [7, 11) is -0.461. The first-order chi connectivity index (χ1) is 7.68. The van der Waals surface area contributed by atoms with Crippen LogP contribution in [0.5, 0.6) is 0 Å². The molecule has 1 aromatic carbocycles. The van der Waals surface area contributed by atoms with Gasteiger partial charge >= 0.3 is 5.97 Å². The summed E-state index contributed by atoms with van der Waals surface area (Å²) in [5, 5.41) is 8.21. The van der Waals surface area contributed by atoms with Gasteiger partial charge in [-0.15, -0.1) is 10.2 Å². The van der Waals surface area contributed by atoms with Gasteiger partial charge in [-0.3, -0.25) is 5.14 Å². The molecular formula is C12H13NO2S. The van der Waals surface area contributed by atoms with Crippen molar-refractivity contribution in [1.82, 2.24) is 0 Å². The lowest BCUT2D eigenvalue weighted by Crippen LogP contribution is -2.16. The van der Waals surface area contributed by atoms with Crippen LogP contribution in [-0.4, -0.2) is 13.1 Å². The summed E-state index contributed by atoms with van der Waals surface area (Å²) in [5.74, 6) is -0.355. The highest BCUT2D eigenvalue weighted by Crippen LogP contribution is 2.59. The van der Waals surface area contributed by atoms with E-state index < -0.39 is 10.2 Å². The molecule has 1 unspecified atom stereocenters. The van der Waals surface area contributed by atoms with Crippen LogP contribution in [0.1, 0.15) is 0 Å². The normalized spacial score (nSPS) is 27.0. The van der Waals surface area contributed by atoms with E-state index in [-0.39, 0.29) is 5.97 Å². The Morgan fingerprint density at radius 2 is 2.00 bits per heavy atom. The molecule has 2 rings (SSSR count). The van der Waals surface area contributed by atoms with E-state index in [4.69, 9.17) is 9.88 Å². The van der Waals surface area contributed by atoms with Gasteiger partial charge in [-0.2, -0.15) is 0 Å². The van der Waals surface area contributed by atoms with Gasteiger partial charge in [-0.05, 0) is 23.6 Å². The van der Waals surface area contributed by atoms with E-state index in [0.717, 1.165) is 4.90 Å². The van der Waals surface area contributed by atoms with Crippen molar-refractivity contribution in [3.8, 4) is 0 Å². The van der Waals surface area contributed by atoms with Crippen LogP contribution in [0.3, 0.4) is 0 Å². The lowest BCUT2D eigenvalue weighted by atomic mass is 10.4. The van der Waals surface area contributed by atoms with Gasteiger partial charge in [0.1, 0.15) is 0 Å². The van der Waals surface area contributed by atoms with Gasteiger partial charge in [0.15, 0.2) is 0 Å². The number of esters is 1. The zero-order valence-corrected chi connectivity index (χ0v) is 9.74. The lowest BCUT2D eigenvalue weighted by Gasteiger charge is -2.30. The molecular weight excluding hydrogens is 222 g/mol. The van der Waals surface area contributed by atoms with Crippen LogP contribution in [-0.2, 0) is 9.53 Å². The van der Waals surface area contributed by atoms with Crippen molar-refractivity contribution in [1.29, 1.82) is 0 Å². The molecule has 1 heterocycles. The third-order valence-corrected chi connectivity index (χ3v) is 5.09. The topological polar surface area (TPSA) is 52.3 Å². The number of rotatable bonds is 2. The van der Waals surface area contributed by atoms with Crippen LogP contribution in [0.15, 0.2) is 57.7 Å². The molecule has 0 aromatic heterocycles. The Morgan fingerprint density at radius 1 is 1.31 bits per heavy atom. The molecule has 0 bridgehead atoms. The minimum atomic E-state index is -1.83. The molecule has 1 aliphatic rings. The number of hydrogen-bond acceptors (Lipinski definition) is 3.